The maximum absolute atomic E-state index is 13.3. The highest BCUT2D eigenvalue weighted by Gasteiger charge is 2.47. The van der Waals surface area contributed by atoms with Crippen LogP contribution in [0.25, 0.3) is 0 Å². The van der Waals surface area contributed by atoms with E-state index in [4.69, 9.17) is 18.3 Å². The van der Waals surface area contributed by atoms with Gasteiger partial charge in [0.05, 0.1) is 18.3 Å². The fraction of sp³-hybridized carbons (Fsp3) is 0.806. The van der Waals surface area contributed by atoms with Crippen molar-refractivity contribution in [1.82, 2.24) is 0 Å². The molecule has 6 atom stereocenters. The van der Waals surface area contributed by atoms with Crippen LogP contribution in [0, 0.1) is 11.8 Å². The molecule has 1 aliphatic heterocycles. The van der Waals surface area contributed by atoms with Gasteiger partial charge in [-0.05, 0) is 43.2 Å². The number of ketones is 1. The lowest BCUT2D eigenvalue weighted by Crippen LogP contribution is -2.53. The van der Waals surface area contributed by atoms with E-state index in [9.17, 15) is 9.59 Å². The van der Waals surface area contributed by atoms with Gasteiger partial charge in [-0.15, -0.1) is 0 Å². The van der Waals surface area contributed by atoms with Gasteiger partial charge in [0.1, 0.15) is 18.3 Å². The Kier molecular flexibility index (Phi) is 12.7. The summed E-state index contributed by atoms with van der Waals surface area (Å²) in [5.74, 6) is -0.829. The average molecular weight is 583 g/mol. The third kappa shape index (κ3) is 10.1. The number of ether oxygens (including phenoxy) is 2. The summed E-state index contributed by atoms with van der Waals surface area (Å²) < 4.78 is 25.8. The van der Waals surface area contributed by atoms with Crippen molar-refractivity contribution in [1.29, 1.82) is 0 Å². The number of carbonyl (C=O) groups excluding carboxylic acids is 2. The lowest BCUT2D eigenvalue weighted by Gasteiger charge is -2.47. The zero-order chi connectivity index (χ0) is 30.6. The lowest BCUT2D eigenvalue weighted by molar-refractivity contribution is -0.149. The van der Waals surface area contributed by atoms with E-state index < -0.39 is 34.8 Å². The highest BCUT2D eigenvalue weighted by atomic mass is 28.4. The van der Waals surface area contributed by atoms with Crippen molar-refractivity contribution in [3.63, 3.8) is 0 Å². The predicted octanol–water partition coefficient (Wildman–Crippen LogP) is 7.85. The molecule has 226 valence electrons. The molecule has 1 aliphatic rings. The Morgan fingerprint density at radius 1 is 0.923 bits per heavy atom. The number of carbonyl (C=O) groups is 2. The molecule has 0 unspecified atom stereocenters. The van der Waals surface area contributed by atoms with Crippen LogP contribution in [-0.2, 0) is 27.9 Å². The van der Waals surface area contributed by atoms with E-state index in [2.05, 4.69) is 94.2 Å². The average Bonchev–Trinajstić information content (AvgIpc) is 2.76. The fourth-order valence-electron chi connectivity index (χ4n) is 4.44. The van der Waals surface area contributed by atoms with Crippen molar-refractivity contribution in [2.45, 2.75) is 142 Å². The molecule has 8 heteroatoms. The smallest absolute Gasteiger partial charge is 0.313 e. The maximum Gasteiger partial charge on any atom is 0.313 e. The van der Waals surface area contributed by atoms with Crippen LogP contribution < -0.4 is 0 Å². The van der Waals surface area contributed by atoms with Gasteiger partial charge in [-0.25, -0.2) is 0 Å². The van der Waals surface area contributed by atoms with E-state index in [0.29, 0.717) is 6.42 Å². The van der Waals surface area contributed by atoms with Gasteiger partial charge in [0, 0.05) is 31.8 Å². The van der Waals surface area contributed by atoms with Crippen LogP contribution in [0.5, 0.6) is 0 Å². The van der Waals surface area contributed by atoms with Crippen LogP contribution in [0.15, 0.2) is 24.3 Å². The number of methoxy groups -OCH3 is 1. The predicted molar refractivity (Wildman–Crippen MR) is 166 cm³/mol. The summed E-state index contributed by atoms with van der Waals surface area (Å²) in [6.07, 6.45) is 2.74. The van der Waals surface area contributed by atoms with Crippen molar-refractivity contribution in [3.05, 3.63) is 24.3 Å². The molecule has 0 aromatic rings. The Morgan fingerprint density at radius 3 is 1.90 bits per heavy atom. The summed E-state index contributed by atoms with van der Waals surface area (Å²) in [4.78, 5) is 26.0. The topological polar surface area (TPSA) is 71.1 Å². The highest BCUT2D eigenvalue weighted by Crippen LogP contribution is 2.43. The Balaban J connectivity index is 3.75. The van der Waals surface area contributed by atoms with Crippen LogP contribution in [-0.4, -0.2) is 59.9 Å². The first kappa shape index (κ1) is 36.0. The number of Topliss-reactive ketones (excluding diaryl/α,β-unsaturated/α-hetero) is 1. The molecule has 0 aromatic carbocycles. The first-order chi connectivity index (χ1) is 17.6. The molecule has 0 radical (unpaired) electrons. The number of hydrogen-bond acceptors (Lipinski definition) is 6. The second-order valence-corrected chi connectivity index (χ2v) is 24.1. The van der Waals surface area contributed by atoms with Gasteiger partial charge in [-0.1, -0.05) is 79.7 Å². The summed E-state index contributed by atoms with van der Waals surface area (Å²) in [6, 6.07) is 0. The molecule has 0 N–H and O–H groups in total. The molecular weight excluding hydrogens is 525 g/mol. The molecular formula is C31H58O6Si2. The minimum absolute atomic E-state index is 0.00634. The van der Waals surface area contributed by atoms with E-state index in [1.165, 1.54) is 0 Å². The normalized spacial score (nSPS) is 30.7. The second-order valence-electron chi connectivity index (χ2n) is 14.6. The summed E-state index contributed by atoms with van der Waals surface area (Å²) in [5.41, 5.74) is 1.03. The molecule has 0 bridgehead atoms. The summed E-state index contributed by atoms with van der Waals surface area (Å²) >= 11 is 0. The number of hydrogen-bond donors (Lipinski definition) is 0. The monoisotopic (exact) mass is 582 g/mol. The zero-order valence-electron chi connectivity index (χ0n) is 27.4. The Morgan fingerprint density at radius 2 is 1.44 bits per heavy atom. The first-order valence-electron chi connectivity index (χ1n) is 14.5. The second kappa shape index (κ2) is 13.7. The molecule has 6 nitrogen and oxygen atoms in total. The van der Waals surface area contributed by atoms with Gasteiger partial charge in [0.25, 0.3) is 0 Å². The molecule has 1 rings (SSSR count). The van der Waals surface area contributed by atoms with Gasteiger partial charge in [-0.2, -0.15) is 0 Å². The fourth-order valence-corrected chi connectivity index (χ4v) is 7.31. The molecule has 0 saturated carbocycles. The summed E-state index contributed by atoms with van der Waals surface area (Å²) in [5, 5.41) is -0.0341. The van der Waals surface area contributed by atoms with E-state index in [1.54, 1.807) is 13.2 Å². The van der Waals surface area contributed by atoms with Crippen molar-refractivity contribution in [2.24, 2.45) is 11.8 Å². The Labute approximate surface area is 241 Å². The molecule has 0 aromatic heterocycles. The maximum atomic E-state index is 13.3. The highest BCUT2D eigenvalue weighted by molar-refractivity contribution is 6.74. The van der Waals surface area contributed by atoms with Gasteiger partial charge < -0.3 is 18.3 Å². The molecule has 0 spiro atoms. The number of rotatable bonds is 6. The molecule has 0 fully saturated rings. The van der Waals surface area contributed by atoms with Gasteiger partial charge >= 0.3 is 5.97 Å². The van der Waals surface area contributed by atoms with Crippen LogP contribution in [0.4, 0.5) is 0 Å². The largest absolute Gasteiger partial charge is 0.457 e. The van der Waals surface area contributed by atoms with Gasteiger partial charge in [0.2, 0.25) is 0 Å². The molecule has 1 heterocycles. The molecule has 0 aliphatic carbocycles. The van der Waals surface area contributed by atoms with E-state index >= 15 is 0 Å². The van der Waals surface area contributed by atoms with Crippen molar-refractivity contribution < 1.29 is 27.9 Å². The summed E-state index contributed by atoms with van der Waals surface area (Å²) in [6.45, 7) is 32.4. The third-order valence-corrected chi connectivity index (χ3v) is 18.2. The summed E-state index contributed by atoms with van der Waals surface area (Å²) in [7, 11) is -2.74. The van der Waals surface area contributed by atoms with Crippen molar-refractivity contribution in [3.8, 4) is 0 Å². The van der Waals surface area contributed by atoms with Crippen LogP contribution >= 0.6 is 0 Å². The molecule has 0 saturated heterocycles. The first-order valence-corrected chi connectivity index (χ1v) is 20.3. The number of esters is 1. The zero-order valence-corrected chi connectivity index (χ0v) is 29.4. The molecule has 0 amide bonds. The van der Waals surface area contributed by atoms with Crippen molar-refractivity contribution in [2.75, 3.05) is 7.11 Å². The minimum Gasteiger partial charge on any atom is -0.457 e. The van der Waals surface area contributed by atoms with Crippen LogP contribution in [0.3, 0.4) is 0 Å². The van der Waals surface area contributed by atoms with Gasteiger partial charge in [0.15, 0.2) is 16.6 Å². The van der Waals surface area contributed by atoms with E-state index in [1.807, 2.05) is 6.92 Å². The SMILES string of the molecule is C=C[C@H]1C/C(C)=C/[C@@H](OC)[C@@H](C)[C@H](O[Si](C)(C)C(C)(C)C)[C@H](C)[C@@H](O[Si](C)(C)C(C)(C)C)CC(=O)CC(=O)O1. The third-order valence-electron chi connectivity index (χ3n) is 9.19. The van der Waals surface area contributed by atoms with E-state index in [-0.39, 0.29) is 52.7 Å². The molecule has 39 heavy (non-hydrogen) atoms. The Bertz CT molecular complexity index is 880. The number of cyclic esters (lactones) is 1. The van der Waals surface area contributed by atoms with E-state index in [0.717, 1.165) is 5.57 Å². The van der Waals surface area contributed by atoms with Crippen molar-refractivity contribution >= 4 is 28.4 Å². The van der Waals surface area contributed by atoms with Crippen LogP contribution in [0.2, 0.25) is 36.3 Å². The Hall–Kier alpha value is -1.07. The quantitative estimate of drug-likeness (QED) is 0.137. The van der Waals surface area contributed by atoms with Gasteiger partial charge in [-0.3, -0.25) is 9.59 Å². The lowest BCUT2D eigenvalue weighted by atomic mass is 9.83. The van der Waals surface area contributed by atoms with Crippen LogP contribution in [0.1, 0.15) is 81.6 Å². The standard InChI is InChI=1S/C31H58O6Si2/c1-16-25-17-21(2)18-26(34-11)22(3)29(37-39(14,15)31(8,9)10)23(4)27(19-24(32)20-28(33)35-25)36-38(12,13)30(5,6)7/h16,18,22-23,25-27,29H,1,17,19-20H2,2-15H3/b21-18+/t22-,23-,25+,26-,27+,29+/m1/s1. The minimum atomic E-state index is -2.26.